The van der Waals surface area contributed by atoms with Crippen LogP contribution < -0.4 is 0 Å². The molecule has 1 aromatic carbocycles. The number of likely N-dealkylation sites (tertiary alicyclic amines) is 1. The molecule has 17 heavy (non-hydrogen) atoms. The summed E-state index contributed by atoms with van der Waals surface area (Å²) >= 11 is 0. The summed E-state index contributed by atoms with van der Waals surface area (Å²) in [4.78, 5) is 2.79. The Hall–Kier alpha value is -1.13. The van der Waals surface area contributed by atoms with Crippen molar-refractivity contribution in [2.75, 3.05) is 19.6 Å². The van der Waals surface area contributed by atoms with E-state index in [0.717, 1.165) is 30.8 Å². The summed E-state index contributed by atoms with van der Waals surface area (Å²) in [5.74, 6) is 0. The predicted octanol–water partition coefficient (Wildman–Crippen LogP) is 1.91. The van der Waals surface area contributed by atoms with Crippen LogP contribution in [0.5, 0.6) is 0 Å². The molecule has 0 amide bonds. The molecule has 3 nitrogen and oxygen atoms in total. The Morgan fingerprint density at radius 2 is 1.82 bits per heavy atom. The van der Waals surface area contributed by atoms with Crippen LogP contribution in [0.2, 0.25) is 0 Å². The Morgan fingerprint density at radius 1 is 1.12 bits per heavy atom. The van der Waals surface area contributed by atoms with E-state index in [9.17, 15) is 8.42 Å². The quantitative estimate of drug-likeness (QED) is 0.803. The van der Waals surface area contributed by atoms with Gasteiger partial charge in [0, 0.05) is 12.0 Å². The lowest BCUT2D eigenvalue weighted by Crippen LogP contribution is -2.21. The van der Waals surface area contributed by atoms with Crippen molar-refractivity contribution in [3.8, 4) is 0 Å². The highest BCUT2D eigenvalue weighted by atomic mass is 32.2. The molecule has 2 aliphatic rings. The zero-order chi connectivity index (χ0) is 11.9. The van der Waals surface area contributed by atoms with Crippen LogP contribution in [-0.2, 0) is 9.84 Å². The molecule has 0 spiro atoms. The molecule has 0 bridgehead atoms. The van der Waals surface area contributed by atoms with Gasteiger partial charge in [-0.15, -0.1) is 0 Å². The first-order chi connectivity index (χ1) is 8.17. The largest absolute Gasteiger partial charge is 0.299 e. The van der Waals surface area contributed by atoms with Crippen LogP contribution in [0.1, 0.15) is 18.4 Å². The zero-order valence-corrected chi connectivity index (χ0v) is 10.4. The van der Waals surface area contributed by atoms with Crippen LogP contribution in [-0.4, -0.2) is 33.0 Å². The molecule has 3 rings (SSSR count). The molecule has 0 aliphatic carbocycles. The van der Waals surface area contributed by atoms with Crippen LogP contribution >= 0.6 is 0 Å². The van der Waals surface area contributed by atoms with Crippen molar-refractivity contribution >= 4 is 15.4 Å². The zero-order valence-electron chi connectivity index (χ0n) is 9.59. The summed E-state index contributed by atoms with van der Waals surface area (Å²) < 4.78 is 23.9. The smallest absolute Gasteiger partial charge is 0.200 e. The Morgan fingerprint density at radius 3 is 2.59 bits per heavy atom. The maximum atomic E-state index is 11.9. The molecule has 2 aliphatic heterocycles. The molecule has 4 heteroatoms. The molecule has 0 atom stereocenters. The lowest BCUT2D eigenvalue weighted by Gasteiger charge is -2.15. The maximum absolute atomic E-state index is 11.9. The third kappa shape index (κ3) is 1.91. The second-order valence-corrected chi connectivity index (χ2v) is 6.43. The Bertz CT molecular complexity index is 569. The molecule has 0 saturated carbocycles. The van der Waals surface area contributed by atoms with Gasteiger partial charge in [-0.3, -0.25) is 4.90 Å². The Balaban J connectivity index is 1.96. The maximum Gasteiger partial charge on any atom is 0.200 e. The standard InChI is InChI=1S/C13H15NO2S/c15-17(16)10-11(9-14-7-3-4-8-14)12-5-1-2-6-13(12)17/h1-2,5-6,10H,3-4,7-9H2. The van der Waals surface area contributed by atoms with Gasteiger partial charge in [-0.05, 0) is 43.1 Å². The van der Waals surface area contributed by atoms with Crippen molar-refractivity contribution in [2.45, 2.75) is 17.7 Å². The van der Waals surface area contributed by atoms with Gasteiger partial charge in [0.15, 0.2) is 0 Å². The number of hydrogen-bond donors (Lipinski definition) is 0. The molecule has 0 unspecified atom stereocenters. The molecule has 1 aromatic rings. The highest BCUT2D eigenvalue weighted by molar-refractivity contribution is 7.95. The fourth-order valence-electron chi connectivity index (χ4n) is 2.60. The van der Waals surface area contributed by atoms with E-state index in [1.807, 2.05) is 12.1 Å². The molecular weight excluding hydrogens is 234 g/mol. The van der Waals surface area contributed by atoms with Crippen molar-refractivity contribution in [1.82, 2.24) is 4.90 Å². The molecule has 1 fully saturated rings. The van der Waals surface area contributed by atoms with Gasteiger partial charge in [-0.2, -0.15) is 0 Å². The van der Waals surface area contributed by atoms with Crippen LogP contribution in [0.25, 0.3) is 5.57 Å². The molecule has 0 radical (unpaired) electrons. The summed E-state index contributed by atoms with van der Waals surface area (Å²) in [6, 6.07) is 7.28. The summed E-state index contributed by atoms with van der Waals surface area (Å²) in [7, 11) is -3.19. The highest BCUT2D eigenvalue weighted by Gasteiger charge is 2.27. The van der Waals surface area contributed by atoms with Gasteiger partial charge >= 0.3 is 0 Å². The van der Waals surface area contributed by atoms with E-state index in [0.29, 0.717) is 4.90 Å². The number of rotatable bonds is 2. The second kappa shape index (κ2) is 3.96. The number of fused-ring (bicyclic) bond motifs is 1. The average Bonchev–Trinajstić information content (AvgIpc) is 2.88. The summed E-state index contributed by atoms with van der Waals surface area (Å²) in [6.45, 7) is 2.93. The second-order valence-electron chi connectivity index (χ2n) is 4.67. The SMILES string of the molecule is O=S1(=O)C=C(CN2CCCC2)c2ccccc21. The molecule has 2 heterocycles. The Labute approximate surface area is 102 Å². The van der Waals surface area contributed by atoms with Crippen molar-refractivity contribution in [3.63, 3.8) is 0 Å². The fourth-order valence-corrected chi connectivity index (χ4v) is 4.08. The van der Waals surface area contributed by atoms with Gasteiger partial charge in [0.25, 0.3) is 0 Å². The topological polar surface area (TPSA) is 37.4 Å². The monoisotopic (exact) mass is 249 g/mol. The third-order valence-electron chi connectivity index (χ3n) is 3.43. The van der Waals surface area contributed by atoms with Crippen LogP contribution in [0, 0.1) is 0 Å². The molecule has 0 N–H and O–H groups in total. The first-order valence-electron chi connectivity index (χ1n) is 5.94. The number of nitrogens with zero attached hydrogens (tertiary/aromatic N) is 1. The normalized spacial score (nSPS) is 22.5. The van der Waals surface area contributed by atoms with Gasteiger partial charge in [0.1, 0.15) is 0 Å². The van der Waals surface area contributed by atoms with Gasteiger partial charge in [0.05, 0.1) is 4.90 Å². The third-order valence-corrected chi connectivity index (χ3v) is 4.99. The van der Waals surface area contributed by atoms with Gasteiger partial charge < -0.3 is 0 Å². The summed E-state index contributed by atoms with van der Waals surface area (Å²) in [6.07, 6.45) is 2.45. The lowest BCUT2D eigenvalue weighted by atomic mass is 10.1. The highest BCUT2D eigenvalue weighted by Crippen LogP contribution is 2.33. The van der Waals surface area contributed by atoms with Crippen LogP contribution in [0.15, 0.2) is 34.6 Å². The van der Waals surface area contributed by atoms with Crippen molar-refractivity contribution in [3.05, 3.63) is 35.2 Å². The number of benzene rings is 1. The van der Waals surface area contributed by atoms with E-state index in [2.05, 4.69) is 4.90 Å². The van der Waals surface area contributed by atoms with Crippen molar-refractivity contribution in [1.29, 1.82) is 0 Å². The van der Waals surface area contributed by atoms with Crippen molar-refractivity contribution < 1.29 is 8.42 Å². The fraction of sp³-hybridized carbons (Fsp3) is 0.385. The Kier molecular flexibility index (Phi) is 2.56. The average molecular weight is 249 g/mol. The lowest BCUT2D eigenvalue weighted by molar-refractivity contribution is 0.383. The summed E-state index contributed by atoms with van der Waals surface area (Å²) in [5.41, 5.74) is 1.84. The minimum absolute atomic E-state index is 0.467. The van der Waals surface area contributed by atoms with Crippen molar-refractivity contribution in [2.24, 2.45) is 0 Å². The molecule has 0 aromatic heterocycles. The first-order valence-corrected chi connectivity index (χ1v) is 7.49. The van der Waals surface area contributed by atoms with E-state index in [1.165, 1.54) is 18.2 Å². The van der Waals surface area contributed by atoms with Gasteiger partial charge in [0.2, 0.25) is 9.84 Å². The van der Waals surface area contributed by atoms with E-state index < -0.39 is 9.84 Å². The van der Waals surface area contributed by atoms with Gasteiger partial charge in [-0.25, -0.2) is 8.42 Å². The van der Waals surface area contributed by atoms with Crippen LogP contribution in [0.4, 0.5) is 0 Å². The van der Waals surface area contributed by atoms with E-state index in [1.54, 1.807) is 12.1 Å². The van der Waals surface area contributed by atoms with Gasteiger partial charge in [-0.1, -0.05) is 18.2 Å². The molecule has 90 valence electrons. The molecular formula is C13H15NO2S. The predicted molar refractivity (Wildman–Crippen MR) is 67.3 cm³/mol. The number of hydrogen-bond acceptors (Lipinski definition) is 3. The molecule has 1 saturated heterocycles. The summed E-state index contributed by atoms with van der Waals surface area (Å²) in [5, 5.41) is 1.44. The van der Waals surface area contributed by atoms with E-state index in [-0.39, 0.29) is 0 Å². The van der Waals surface area contributed by atoms with E-state index >= 15 is 0 Å². The van der Waals surface area contributed by atoms with E-state index in [4.69, 9.17) is 0 Å². The first kappa shape index (κ1) is 11.0. The van der Waals surface area contributed by atoms with Crippen LogP contribution in [0.3, 0.4) is 0 Å². The minimum atomic E-state index is -3.19. The number of sulfone groups is 1. The minimum Gasteiger partial charge on any atom is -0.299 e.